The smallest absolute Gasteiger partial charge is 0.251 e. The first-order valence-corrected chi connectivity index (χ1v) is 8.86. The monoisotopic (exact) mass is 336 g/mol. The molecule has 3 nitrogen and oxygen atoms in total. The van der Waals surface area contributed by atoms with Crippen LogP contribution in [0.4, 0.5) is 0 Å². The average molecular weight is 337 g/mol. The van der Waals surface area contributed by atoms with Crippen molar-refractivity contribution in [3.05, 3.63) is 34.9 Å². The van der Waals surface area contributed by atoms with Gasteiger partial charge in [0.05, 0.1) is 0 Å². The lowest BCUT2D eigenvalue weighted by Gasteiger charge is -2.25. The lowest BCUT2D eigenvalue weighted by Crippen LogP contribution is -2.36. The molecule has 1 aromatic rings. The Kier molecular flexibility index (Phi) is 6.91. The highest BCUT2D eigenvalue weighted by Gasteiger charge is 2.19. The lowest BCUT2D eigenvalue weighted by atomic mass is 9.88. The number of amides is 1. The summed E-state index contributed by atoms with van der Waals surface area (Å²) in [6.07, 6.45) is 8.49. The molecule has 0 atom stereocenters. The Hall–Kier alpha value is -1.06. The summed E-state index contributed by atoms with van der Waals surface area (Å²) in [6, 6.07) is 6.81. The molecule has 4 heteroatoms. The molecular weight excluding hydrogens is 308 g/mol. The topological polar surface area (TPSA) is 41.1 Å². The van der Waals surface area contributed by atoms with E-state index in [1.807, 2.05) is 6.07 Å². The van der Waals surface area contributed by atoms with Crippen LogP contribution >= 0.6 is 12.4 Å². The number of piperidine rings is 1. The van der Waals surface area contributed by atoms with E-state index < -0.39 is 0 Å². The maximum Gasteiger partial charge on any atom is 0.251 e. The third kappa shape index (κ3) is 4.71. The van der Waals surface area contributed by atoms with E-state index in [9.17, 15) is 4.79 Å². The van der Waals surface area contributed by atoms with Gasteiger partial charge >= 0.3 is 0 Å². The molecule has 0 bridgehead atoms. The van der Waals surface area contributed by atoms with Crippen LogP contribution in [0.3, 0.4) is 0 Å². The molecule has 2 N–H and O–H groups in total. The quantitative estimate of drug-likeness (QED) is 0.877. The zero-order chi connectivity index (χ0) is 15.4. The second-order valence-corrected chi connectivity index (χ2v) is 6.91. The molecule has 1 amide bonds. The van der Waals surface area contributed by atoms with Crippen LogP contribution in [-0.2, 0) is 0 Å². The number of carbonyl (C=O) groups excluding carboxylic acids is 1. The van der Waals surface area contributed by atoms with Crippen molar-refractivity contribution in [1.82, 2.24) is 10.6 Å². The molecule has 3 rings (SSSR count). The van der Waals surface area contributed by atoms with Gasteiger partial charge < -0.3 is 10.6 Å². The summed E-state index contributed by atoms with van der Waals surface area (Å²) in [5, 5.41) is 6.64. The van der Waals surface area contributed by atoms with Crippen LogP contribution in [0.15, 0.2) is 18.2 Å². The molecule has 2 aliphatic rings. The second-order valence-electron chi connectivity index (χ2n) is 6.91. The fourth-order valence-electron chi connectivity index (χ4n) is 3.86. The lowest BCUT2D eigenvalue weighted by molar-refractivity contribution is 0.0927. The molecule has 1 aliphatic carbocycles. The van der Waals surface area contributed by atoms with Crippen molar-refractivity contribution < 1.29 is 4.79 Å². The van der Waals surface area contributed by atoms with Gasteiger partial charge in [0, 0.05) is 11.6 Å². The van der Waals surface area contributed by atoms with E-state index in [2.05, 4.69) is 29.7 Å². The van der Waals surface area contributed by atoms with E-state index in [4.69, 9.17) is 0 Å². The number of aryl methyl sites for hydroxylation is 1. The van der Waals surface area contributed by atoms with Gasteiger partial charge in [0.25, 0.3) is 5.91 Å². The summed E-state index contributed by atoms with van der Waals surface area (Å²) in [5.41, 5.74) is 3.36. The normalized spacial score (nSPS) is 19.9. The van der Waals surface area contributed by atoms with Crippen LogP contribution in [-0.4, -0.2) is 25.0 Å². The minimum Gasteiger partial charge on any atom is -0.349 e. The van der Waals surface area contributed by atoms with Gasteiger partial charge in [-0.25, -0.2) is 0 Å². The van der Waals surface area contributed by atoms with E-state index in [1.54, 1.807) is 0 Å². The van der Waals surface area contributed by atoms with E-state index in [0.29, 0.717) is 12.0 Å². The molecule has 2 fully saturated rings. The van der Waals surface area contributed by atoms with E-state index in [0.717, 1.165) is 37.1 Å². The summed E-state index contributed by atoms with van der Waals surface area (Å²) < 4.78 is 0. The zero-order valence-electron chi connectivity index (χ0n) is 14.1. The molecule has 0 spiro atoms. The standard InChI is InChI=1S/C19H28N2O.ClH/c1-14-13-16(15-9-11-20-12-10-15)7-8-18(14)19(22)21-17-5-3-2-4-6-17;/h7-8,13,15,17,20H,2-6,9-12H2,1H3,(H,21,22);1H. The molecule has 0 unspecified atom stereocenters. The number of rotatable bonds is 3. The Balaban J connectivity index is 0.00000192. The van der Waals surface area contributed by atoms with Crippen LogP contribution < -0.4 is 10.6 Å². The van der Waals surface area contributed by atoms with Gasteiger partial charge in [-0.3, -0.25) is 4.79 Å². The van der Waals surface area contributed by atoms with Gasteiger partial charge in [0.15, 0.2) is 0 Å². The van der Waals surface area contributed by atoms with Gasteiger partial charge in [0.1, 0.15) is 0 Å². The summed E-state index contributed by atoms with van der Waals surface area (Å²) in [4.78, 5) is 12.5. The van der Waals surface area contributed by atoms with E-state index in [-0.39, 0.29) is 18.3 Å². The average Bonchev–Trinajstić information content (AvgIpc) is 2.56. The Morgan fingerprint density at radius 2 is 1.78 bits per heavy atom. The van der Waals surface area contributed by atoms with E-state index in [1.165, 1.54) is 37.7 Å². The van der Waals surface area contributed by atoms with Crippen molar-refractivity contribution >= 4 is 18.3 Å². The summed E-state index contributed by atoms with van der Waals surface area (Å²) >= 11 is 0. The fraction of sp³-hybridized carbons (Fsp3) is 0.632. The number of hydrogen-bond acceptors (Lipinski definition) is 2. The Labute approximate surface area is 146 Å². The molecule has 1 saturated carbocycles. The maximum absolute atomic E-state index is 12.5. The van der Waals surface area contributed by atoms with E-state index >= 15 is 0 Å². The molecular formula is C19H29ClN2O. The molecule has 1 aromatic carbocycles. The SMILES string of the molecule is Cc1cc(C2CCNCC2)ccc1C(=O)NC1CCCCC1.Cl. The highest BCUT2D eigenvalue weighted by Crippen LogP contribution is 2.27. The van der Waals surface area contributed by atoms with Crippen molar-refractivity contribution in [3.63, 3.8) is 0 Å². The van der Waals surface area contributed by atoms with Crippen LogP contribution in [0.2, 0.25) is 0 Å². The van der Waals surface area contributed by atoms with Crippen molar-refractivity contribution in [2.45, 2.75) is 63.8 Å². The summed E-state index contributed by atoms with van der Waals surface area (Å²) in [7, 11) is 0. The van der Waals surface area contributed by atoms with Crippen molar-refractivity contribution in [2.24, 2.45) is 0 Å². The predicted molar refractivity (Wildman–Crippen MR) is 97.6 cm³/mol. The molecule has 1 saturated heterocycles. The van der Waals surface area contributed by atoms with Crippen molar-refractivity contribution in [3.8, 4) is 0 Å². The van der Waals surface area contributed by atoms with Gasteiger partial charge in [-0.1, -0.05) is 31.4 Å². The number of carbonyl (C=O) groups is 1. The van der Waals surface area contributed by atoms with Crippen LogP contribution in [0.5, 0.6) is 0 Å². The van der Waals surface area contributed by atoms with Gasteiger partial charge in [-0.15, -0.1) is 12.4 Å². The third-order valence-electron chi connectivity index (χ3n) is 5.25. The molecule has 1 heterocycles. The number of benzene rings is 1. The highest BCUT2D eigenvalue weighted by molar-refractivity contribution is 5.95. The molecule has 0 aromatic heterocycles. The second kappa shape index (κ2) is 8.70. The Bertz CT molecular complexity index is 520. The molecule has 0 radical (unpaired) electrons. The van der Waals surface area contributed by atoms with Crippen LogP contribution in [0.25, 0.3) is 0 Å². The summed E-state index contributed by atoms with van der Waals surface area (Å²) in [6.45, 7) is 4.28. The Morgan fingerprint density at radius 3 is 2.43 bits per heavy atom. The van der Waals surface area contributed by atoms with Crippen LogP contribution in [0.1, 0.15) is 72.3 Å². The number of halogens is 1. The minimum absolute atomic E-state index is 0. The molecule has 128 valence electrons. The van der Waals surface area contributed by atoms with Crippen molar-refractivity contribution in [1.29, 1.82) is 0 Å². The zero-order valence-corrected chi connectivity index (χ0v) is 14.9. The largest absolute Gasteiger partial charge is 0.349 e. The molecule has 1 aliphatic heterocycles. The van der Waals surface area contributed by atoms with Gasteiger partial charge in [-0.2, -0.15) is 0 Å². The third-order valence-corrected chi connectivity index (χ3v) is 5.25. The fourth-order valence-corrected chi connectivity index (χ4v) is 3.86. The minimum atomic E-state index is 0. The highest BCUT2D eigenvalue weighted by atomic mass is 35.5. The molecule has 23 heavy (non-hydrogen) atoms. The predicted octanol–water partition coefficient (Wildman–Crippen LogP) is 3.95. The van der Waals surface area contributed by atoms with Crippen molar-refractivity contribution in [2.75, 3.05) is 13.1 Å². The Morgan fingerprint density at radius 1 is 1.09 bits per heavy atom. The van der Waals surface area contributed by atoms with Gasteiger partial charge in [-0.05, 0) is 68.8 Å². The summed E-state index contributed by atoms with van der Waals surface area (Å²) in [5.74, 6) is 0.761. The first-order valence-electron chi connectivity index (χ1n) is 8.86. The van der Waals surface area contributed by atoms with Crippen LogP contribution in [0, 0.1) is 6.92 Å². The first-order chi connectivity index (χ1) is 10.7. The van der Waals surface area contributed by atoms with Gasteiger partial charge in [0.2, 0.25) is 0 Å². The maximum atomic E-state index is 12.5. The number of nitrogens with one attached hydrogen (secondary N) is 2. The first kappa shape index (κ1) is 18.3. The number of hydrogen-bond donors (Lipinski definition) is 2.